The highest BCUT2D eigenvalue weighted by Gasteiger charge is 2.25. The first kappa shape index (κ1) is 15.6. The summed E-state index contributed by atoms with van der Waals surface area (Å²) in [5.74, 6) is 0.903. The molecule has 0 atom stereocenters. The number of hydrogen-bond acceptors (Lipinski definition) is 4. The van der Waals surface area contributed by atoms with Crippen LogP contribution in [0.1, 0.15) is 28.9 Å². The summed E-state index contributed by atoms with van der Waals surface area (Å²) in [5, 5.41) is 3.44. The molecule has 0 saturated carbocycles. The third-order valence-electron chi connectivity index (χ3n) is 4.62. The van der Waals surface area contributed by atoms with E-state index in [2.05, 4.69) is 15.3 Å². The smallest absolute Gasteiger partial charge is 0.274 e. The minimum atomic E-state index is 0.0117. The van der Waals surface area contributed by atoms with Crippen molar-refractivity contribution in [3.8, 4) is 0 Å². The number of carbonyl (C=O) groups is 1. The standard InChI is InChI=1S/C19H21N5O/c1-14-5-6-18-22-16(13-24(18)12-14)19(25)23-10-7-15(8-11-23)21-17-4-2-3-9-20-17/h2-6,9,12-13,15H,7-8,10-11H2,1H3,(H,20,21). The van der Waals surface area contributed by atoms with E-state index in [-0.39, 0.29) is 5.91 Å². The van der Waals surface area contributed by atoms with Gasteiger partial charge in [0.25, 0.3) is 5.91 Å². The fourth-order valence-corrected chi connectivity index (χ4v) is 3.25. The van der Waals surface area contributed by atoms with E-state index in [4.69, 9.17) is 0 Å². The summed E-state index contributed by atoms with van der Waals surface area (Å²) < 4.78 is 1.91. The zero-order valence-corrected chi connectivity index (χ0v) is 14.2. The molecule has 4 heterocycles. The van der Waals surface area contributed by atoms with E-state index in [9.17, 15) is 4.79 Å². The highest BCUT2D eigenvalue weighted by atomic mass is 16.2. The number of nitrogens with zero attached hydrogens (tertiary/aromatic N) is 4. The molecule has 128 valence electrons. The Hall–Kier alpha value is -2.89. The molecule has 1 fully saturated rings. The van der Waals surface area contributed by atoms with Crippen LogP contribution in [-0.4, -0.2) is 44.3 Å². The Morgan fingerprint density at radius 1 is 1.16 bits per heavy atom. The molecule has 0 bridgehead atoms. The second-order valence-electron chi connectivity index (χ2n) is 6.52. The van der Waals surface area contributed by atoms with Crippen LogP contribution in [0.3, 0.4) is 0 Å². The molecule has 1 saturated heterocycles. The van der Waals surface area contributed by atoms with Gasteiger partial charge in [0, 0.05) is 37.7 Å². The molecular weight excluding hydrogens is 314 g/mol. The highest BCUT2D eigenvalue weighted by Crippen LogP contribution is 2.17. The number of imidazole rings is 1. The topological polar surface area (TPSA) is 62.5 Å². The lowest BCUT2D eigenvalue weighted by molar-refractivity contribution is 0.0713. The van der Waals surface area contributed by atoms with E-state index in [0.29, 0.717) is 11.7 Å². The lowest BCUT2D eigenvalue weighted by Crippen LogP contribution is -2.42. The van der Waals surface area contributed by atoms with Gasteiger partial charge in [0.2, 0.25) is 0 Å². The van der Waals surface area contributed by atoms with Gasteiger partial charge in [-0.2, -0.15) is 0 Å². The molecule has 0 aromatic carbocycles. The fourth-order valence-electron chi connectivity index (χ4n) is 3.25. The Balaban J connectivity index is 1.40. The number of piperidine rings is 1. The van der Waals surface area contributed by atoms with E-state index in [1.165, 1.54) is 0 Å². The number of amides is 1. The van der Waals surface area contributed by atoms with Crippen LogP contribution in [0, 0.1) is 6.92 Å². The van der Waals surface area contributed by atoms with Gasteiger partial charge in [-0.25, -0.2) is 9.97 Å². The zero-order valence-electron chi connectivity index (χ0n) is 14.2. The molecule has 25 heavy (non-hydrogen) atoms. The molecule has 1 amide bonds. The van der Waals surface area contributed by atoms with Crippen molar-refractivity contribution in [3.63, 3.8) is 0 Å². The van der Waals surface area contributed by atoms with Crippen LogP contribution in [0.4, 0.5) is 5.82 Å². The van der Waals surface area contributed by atoms with Gasteiger partial charge >= 0.3 is 0 Å². The molecule has 6 nitrogen and oxygen atoms in total. The quantitative estimate of drug-likeness (QED) is 0.799. The van der Waals surface area contributed by atoms with Crippen molar-refractivity contribution >= 4 is 17.4 Å². The first-order valence-corrected chi connectivity index (χ1v) is 8.61. The second kappa shape index (κ2) is 6.55. The normalized spacial score (nSPS) is 15.5. The molecule has 3 aromatic heterocycles. The van der Waals surface area contributed by atoms with E-state index in [0.717, 1.165) is 43.0 Å². The summed E-state index contributed by atoms with van der Waals surface area (Å²) in [6.45, 7) is 3.49. The van der Waals surface area contributed by atoms with E-state index < -0.39 is 0 Å². The van der Waals surface area contributed by atoms with Crippen LogP contribution in [0.2, 0.25) is 0 Å². The summed E-state index contributed by atoms with van der Waals surface area (Å²) in [4.78, 5) is 23.4. The number of aromatic nitrogens is 3. The molecule has 0 radical (unpaired) electrons. The van der Waals surface area contributed by atoms with Gasteiger partial charge in [-0.15, -0.1) is 0 Å². The van der Waals surface area contributed by atoms with E-state index in [1.807, 2.05) is 58.9 Å². The molecule has 0 aliphatic carbocycles. The number of carbonyl (C=O) groups excluding carboxylic acids is 1. The van der Waals surface area contributed by atoms with E-state index >= 15 is 0 Å². The number of aryl methyl sites for hydroxylation is 1. The number of rotatable bonds is 3. The van der Waals surface area contributed by atoms with Crippen LogP contribution < -0.4 is 5.32 Å². The second-order valence-corrected chi connectivity index (χ2v) is 6.52. The van der Waals surface area contributed by atoms with Crippen molar-refractivity contribution in [2.75, 3.05) is 18.4 Å². The third-order valence-corrected chi connectivity index (χ3v) is 4.62. The summed E-state index contributed by atoms with van der Waals surface area (Å²) in [6.07, 6.45) is 7.42. The van der Waals surface area contributed by atoms with Crippen molar-refractivity contribution < 1.29 is 4.79 Å². The van der Waals surface area contributed by atoms with Gasteiger partial charge in [-0.05, 0) is 43.5 Å². The Bertz CT molecular complexity index is 881. The zero-order chi connectivity index (χ0) is 17.2. The van der Waals surface area contributed by atoms with Gasteiger partial charge in [0.05, 0.1) is 0 Å². The number of nitrogens with one attached hydrogen (secondary N) is 1. The van der Waals surface area contributed by atoms with Gasteiger partial charge in [0.1, 0.15) is 17.2 Å². The molecule has 1 N–H and O–H groups in total. The van der Waals surface area contributed by atoms with Crippen LogP contribution in [-0.2, 0) is 0 Å². The predicted octanol–water partition coefficient (Wildman–Crippen LogP) is 2.75. The fraction of sp³-hybridized carbons (Fsp3) is 0.316. The lowest BCUT2D eigenvalue weighted by atomic mass is 10.0. The van der Waals surface area contributed by atoms with Crippen molar-refractivity contribution in [3.05, 3.63) is 60.2 Å². The molecule has 0 spiro atoms. The highest BCUT2D eigenvalue weighted by molar-refractivity contribution is 5.93. The predicted molar refractivity (Wildman–Crippen MR) is 96.7 cm³/mol. The van der Waals surface area contributed by atoms with Crippen molar-refractivity contribution in [1.29, 1.82) is 0 Å². The number of likely N-dealkylation sites (tertiary alicyclic amines) is 1. The molecular formula is C19H21N5O. The molecule has 3 aromatic rings. The third kappa shape index (κ3) is 3.33. The minimum absolute atomic E-state index is 0.0117. The van der Waals surface area contributed by atoms with Crippen molar-refractivity contribution in [2.45, 2.75) is 25.8 Å². The summed E-state index contributed by atoms with van der Waals surface area (Å²) in [5.41, 5.74) is 2.47. The molecule has 6 heteroatoms. The molecule has 0 unspecified atom stereocenters. The molecule has 1 aliphatic heterocycles. The van der Waals surface area contributed by atoms with Crippen LogP contribution in [0.15, 0.2) is 48.9 Å². The average molecular weight is 335 g/mol. The monoisotopic (exact) mass is 335 g/mol. The maximum atomic E-state index is 12.7. The number of fused-ring (bicyclic) bond motifs is 1. The summed E-state index contributed by atoms with van der Waals surface area (Å²) >= 11 is 0. The Labute approximate surface area is 146 Å². The first-order valence-electron chi connectivity index (χ1n) is 8.61. The first-order chi connectivity index (χ1) is 12.2. The van der Waals surface area contributed by atoms with Crippen molar-refractivity contribution in [1.82, 2.24) is 19.3 Å². The SMILES string of the molecule is Cc1ccc2nc(C(=O)N3CCC(Nc4ccccn4)CC3)cn2c1. The van der Waals surface area contributed by atoms with Gasteiger partial charge < -0.3 is 14.6 Å². The van der Waals surface area contributed by atoms with Crippen molar-refractivity contribution in [2.24, 2.45) is 0 Å². The maximum Gasteiger partial charge on any atom is 0.274 e. The van der Waals surface area contributed by atoms with Gasteiger partial charge in [-0.1, -0.05) is 12.1 Å². The maximum absolute atomic E-state index is 12.7. The molecule has 1 aliphatic rings. The van der Waals surface area contributed by atoms with E-state index in [1.54, 1.807) is 6.20 Å². The average Bonchev–Trinajstić information content (AvgIpc) is 3.06. The van der Waals surface area contributed by atoms with Crippen LogP contribution >= 0.6 is 0 Å². The number of hydrogen-bond donors (Lipinski definition) is 1. The number of anilines is 1. The van der Waals surface area contributed by atoms with Gasteiger partial charge in [0.15, 0.2) is 0 Å². The Morgan fingerprint density at radius 3 is 2.76 bits per heavy atom. The molecule has 4 rings (SSSR count). The number of pyridine rings is 2. The minimum Gasteiger partial charge on any atom is -0.367 e. The Morgan fingerprint density at radius 2 is 2.00 bits per heavy atom. The largest absolute Gasteiger partial charge is 0.367 e. The van der Waals surface area contributed by atoms with Crippen LogP contribution in [0.25, 0.3) is 5.65 Å². The van der Waals surface area contributed by atoms with Crippen LogP contribution in [0.5, 0.6) is 0 Å². The summed E-state index contributed by atoms with van der Waals surface area (Å²) in [6, 6.07) is 10.1. The lowest BCUT2D eigenvalue weighted by Gasteiger charge is -2.32. The van der Waals surface area contributed by atoms with Gasteiger partial charge in [-0.3, -0.25) is 4.79 Å². The Kier molecular flexibility index (Phi) is 4.09. The summed E-state index contributed by atoms with van der Waals surface area (Å²) in [7, 11) is 0.